The SMILES string of the molecule is NC(CCSCC(N)C(=O)O)C(=O)O.NC(CS(=O)(=O)O)C(=O)O. The Hall–Kier alpha value is -1.45. The highest BCUT2D eigenvalue weighted by Gasteiger charge is 2.18. The van der Waals surface area contributed by atoms with Crippen molar-refractivity contribution in [1.82, 2.24) is 0 Å². The zero-order chi connectivity index (χ0) is 19.5. The maximum absolute atomic E-state index is 10.3. The van der Waals surface area contributed by atoms with Gasteiger partial charge in [-0.25, -0.2) is 0 Å². The number of hydrogen-bond donors (Lipinski definition) is 7. The van der Waals surface area contributed by atoms with Crippen LogP contribution >= 0.6 is 11.8 Å². The number of thioether (sulfide) groups is 1. The van der Waals surface area contributed by atoms with Gasteiger partial charge in [0.2, 0.25) is 0 Å². The van der Waals surface area contributed by atoms with Crippen LogP contribution in [0, 0.1) is 0 Å². The highest BCUT2D eigenvalue weighted by molar-refractivity contribution is 7.99. The summed E-state index contributed by atoms with van der Waals surface area (Å²) in [5, 5.41) is 24.9. The molecule has 142 valence electrons. The van der Waals surface area contributed by atoms with E-state index < -0.39 is 51.9 Å². The quantitative estimate of drug-likeness (QED) is 0.147. The summed E-state index contributed by atoms with van der Waals surface area (Å²) in [6.07, 6.45) is 0.312. The summed E-state index contributed by atoms with van der Waals surface area (Å²) >= 11 is 1.29. The molecule has 0 amide bonds. The summed E-state index contributed by atoms with van der Waals surface area (Å²) in [4.78, 5) is 30.4. The average molecular weight is 391 g/mol. The summed E-state index contributed by atoms with van der Waals surface area (Å²) in [6, 6.07) is -3.35. The lowest BCUT2D eigenvalue weighted by Crippen LogP contribution is -2.36. The summed E-state index contributed by atoms with van der Waals surface area (Å²) in [7, 11) is -4.27. The maximum Gasteiger partial charge on any atom is 0.321 e. The second-order valence-corrected chi connectivity index (χ2v) is 7.09. The lowest BCUT2D eigenvalue weighted by Gasteiger charge is -2.07. The standard InChI is InChI=1S/C7H14N2O4S.C3H7NO5S/c8-4(6(10)11)1-2-14-3-5(9)7(12)13;4-2(3(5)6)1-10(7,8)9/h4-5H,1-3,8-9H2,(H,10,11)(H,12,13);2H,1,4H2,(H,5,6)(H,7,8,9). The Kier molecular flexibility index (Phi) is 12.4. The van der Waals surface area contributed by atoms with Crippen LogP contribution in [0.4, 0.5) is 0 Å². The molecule has 0 aliphatic carbocycles. The minimum Gasteiger partial charge on any atom is -0.480 e. The van der Waals surface area contributed by atoms with E-state index in [4.69, 9.17) is 37.1 Å². The Morgan fingerprint density at radius 3 is 1.58 bits per heavy atom. The van der Waals surface area contributed by atoms with Gasteiger partial charge in [-0.05, 0) is 12.2 Å². The van der Waals surface area contributed by atoms with E-state index in [0.29, 0.717) is 12.2 Å². The lowest BCUT2D eigenvalue weighted by molar-refractivity contribution is -0.139. The molecular weight excluding hydrogens is 370 g/mol. The molecule has 0 saturated heterocycles. The lowest BCUT2D eigenvalue weighted by atomic mass is 10.2. The van der Waals surface area contributed by atoms with Gasteiger partial charge in [-0.1, -0.05) is 0 Å². The van der Waals surface area contributed by atoms with Crippen molar-refractivity contribution in [3.8, 4) is 0 Å². The molecule has 12 nitrogen and oxygen atoms in total. The van der Waals surface area contributed by atoms with E-state index in [1.165, 1.54) is 11.8 Å². The van der Waals surface area contributed by atoms with Gasteiger partial charge in [0.1, 0.15) is 23.9 Å². The van der Waals surface area contributed by atoms with Crippen LogP contribution < -0.4 is 17.2 Å². The van der Waals surface area contributed by atoms with E-state index in [9.17, 15) is 22.8 Å². The second kappa shape index (κ2) is 12.0. The molecule has 0 radical (unpaired) electrons. The first-order valence-corrected chi connectivity index (χ1v) is 9.02. The number of carbonyl (C=O) groups is 3. The topological polar surface area (TPSA) is 244 Å². The van der Waals surface area contributed by atoms with E-state index >= 15 is 0 Å². The molecule has 0 aromatic heterocycles. The third-order valence-corrected chi connectivity index (χ3v) is 4.11. The fraction of sp³-hybridized carbons (Fsp3) is 0.700. The molecule has 0 fully saturated rings. The van der Waals surface area contributed by atoms with Crippen LogP contribution in [0.25, 0.3) is 0 Å². The zero-order valence-corrected chi connectivity index (χ0v) is 14.1. The number of carboxylic acids is 3. The molecule has 3 unspecified atom stereocenters. The maximum atomic E-state index is 10.3. The van der Waals surface area contributed by atoms with Gasteiger partial charge in [-0.3, -0.25) is 18.9 Å². The van der Waals surface area contributed by atoms with Crippen molar-refractivity contribution in [3.63, 3.8) is 0 Å². The van der Waals surface area contributed by atoms with Crippen molar-refractivity contribution in [3.05, 3.63) is 0 Å². The fourth-order valence-corrected chi connectivity index (χ4v) is 2.49. The molecule has 0 saturated carbocycles. The second-order valence-electron chi connectivity index (χ2n) is 4.45. The molecule has 0 aromatic rings. The van der Waals surface area contributed by atoms with Crippen molar-refractivity contribution in [2.75, 3.05) is 17.3 Å². The smallest absolute Gasteiger partial charge is 0.321 e. The van der Waals surface area contributed by atoms with E-state index in [1.807, 2.05) is 0 Å². The molecule has 14 heteroatoms. The predicted molar refractivity (Wildman–Crippen MR) is 85.2 cm³/mol. The van der Waals surface area contributed by atoms with Crippen LogP contribution in [-0.2, 0) is 24.5 Å². The summed E-state index contributed by atoms with van der Waals surface area (Å²) in [5.74, 6) is -3.76. The summed E-state index contributed by atoms with van der Waals surface area (Å²) < 4.78 is 28.0. The average Bonchev–Trinajstić information content (AvgIpc) is 2.41. The van der Waals surface area contributed by atoms with Gasteiger partial charge in [0.15, 0.2) is 0 Å². The van der Waals surface area contributed by atoms with Crippen LogP contribution in [0.5, 0.6) is 0 Å². The molecule has 0 aliphatic heterocycles. The molecule has 3 atom stereocenters. The van der Waals surface area contributed by atoms with Crippen molar-refractivity contribution < 1.29 is 42.7 Å². The summed E-state index contributed by atoms with van der Waals surface area (Å²) in [5.41, 5.74) is 15.2. The van der Waals surface area contributed by atoms with Gasteiger partial charge in [0, 0.05) is 5.75 Å². The molecule has 0 aromatic carbocycles. The Balaban J connectivity index is 0. The van der Waals surface area contributed by atoms with E-state index in [2.05, 4.69) is 0 Å². The van der Waals surface area contributed by atoms with Gasteiger partial charge in [-0.15, -0.1) is 0 Å². The number of carboxylic acid groups (broad SMARTS) is 3. The largest absolute Gasteiger partial charge is 0.480 e. The molecule has 0 bridgehead atoms. The van der Waals surface area contributed by atoms with Gasteiger partial charge >= 0.3 is 17.9 Å². The molecular formula is C10H21N3O9S2. The molecule has 0 heterocycles. The van der Waals surface area contributed by atoms with E-state index in [-0.39, 0.29) is 5.75 Å². The third-order valence-electron chi connectivity index (χ3n) is 2.21. The van der Waals surface area contributed by atoms with Crippen LogP contribution in [0.15, 0.2) is 0 Å². The minimum atomic E-state index is -4.27. The zero-order valence-electron chi connectivity index (χ0n) is 12.4. The van der Waals surface area contributed by atoms with Crippen molar-refractivity contribution in [2.24, 2.45) is 17.2 Å². The summed E-state index contributed by atoms with van der Waals surface area (Å²) in [6.45, 7) is 0. The Bertz CT molecular complexity index is 504. The first-order valence-electron chi connectivity index (χ1n) is 6.26. The monoisotopic (exact) mass is 391 g/mol. The highest BCUT2D eigenvalue weighted by Crippen LogP contribution is 2.05. The van der Waals surface area contributed by atoms with Crippen LogP contribution in [0.1, 0.15) is 6.42 Å². The van der Waals surface area contributed by atoms with Gasteiger partial charge in [-0.2, -0.15) is 20.2 Å². The molecule has 0 rings (SSSR count). The molecule has 24 heavy (non-hydrogen) atoms. The Morgan fingerprint density at radius 2 is 1.29 bits per heavy atom. The first-order chi connectivity index (χ1) is 10.8. The number of hydrogen-bond acceptors (Lipinski definition) is 9. The van der Waals surface area contributed by atoms with Crippen LogP contribution in [-0.4, -0.2) is 81.6 Å². The van der Waals surface area contributed by atoms with Crippen molar-refractivity contribution in [1.29, 1.82) is 0 Å². The minimum absolute atomic E-state index is 0.266. The van der Waals surface area contributed by atoms with Crippen molar-refractivity contribution in [2.45, 2.75) is 24.5 Å². The number of rotatable bonds is 10. The highest BCUT2D eigenvalue weighted by atomic mass is 32.2. The first kappa shape index (κ1) is 24.8. The molecule has 10 N–H and O–H groups in total. The van der Waals surface area contributed by atoms with E-state index in [1.54, 1.807) is 0 Å². The van der Waals surface area contributed by atoms with Crippen LogP contribution in [0.3, 0.4) is 0 Å². The normalized spacial score (nSPS) is 14.7. The Morgan fingerprint density at radius 1 is 0.875 bits per heavy atom. The predicted octanol–water partition coefficient (Wildman–Crippen LogP) is -2.78. The third kappa shape index (κ3) is 15.4. The van der Waals surface area contributed by atoms with Gasteiger partial charge in [0.05, 0.1) is 0 Å². The number of aliphatic carboxylic acids is 3. The molecule has 0 aliphatic rings. The van der Waals surface area contributed by atoms with Crippen molar-refractivity contribution >= 4 is 39.8 Å². The molecule has 0 spiro atoms. The fourth-order valence-electron chi connectivity index (χ4n) is 0.914. The van der Waals surface area contributed by atoms with E-state index in [0.717, 1.165) is 0 Å². The Labute approximate surface area is 142 Å². The number of nitrogens with two attached hydrogens (primary N) is 3. The van der Waals surface area contributed by atoms with Gasteiger partial charge < -0.3 is 32.5 Å². The van der Waals surface area contributed by atoms with Gasteiger partial charge in [0.25, 0.3) is 10.1 Å². The van der Waals surface area contributed by atoms with Crippen LogP contribution in [0.2, 0.25) is 0 Å².